The van der Waals surface area contributed by atoms with Crippen molar-refractivity contribution >= 4 is 20.0 Å². The standard InChI is InChI=1S/C26H47N3O4S2/c1-21(2)24(5)34(30,31)28-23(4)16-19-29(20-25-10-7-6-8-11-25)18-9-17-27-35(32,33)26-14-12-22(3)13-15-26/h12-15,21,23-25,27-28H,6-11,16-20H2,1-5H3. The number of rotatable bonds is 15. The summed E-state index contributed by atoms with van der Waals surface area (Å²) < 4.78 is 55.9. The van der Waals surface area contributed by atoms with Gasteiger partial charge in [0.25, 0.3) is 0 Å². The Balaban J connectivity index is 1.89. The molecule has 2 atom stereocenters. The van der Waals surface area contributed by atoms with Crippen LogP contribution in [-0.2, 0) is 20.0 Å². The zero-order valence-electron chi connectivity index (χ0n) is 22.3. The molecule has 2 unspecified atom stereocenters. The summed E-state index contributed by atoms with van der Waals surface area (Å²) in [4.78, 5) is 2.69. The molecule has 7 nitrogen and oxygen atoms in total. The van der Waals surface area contributed by atoms with E-state index in [1.54, 1.807) is 31.2 Å². The molecule has 0 aromatic heterocycles. The molecule has 0 saturated heterocycles. The first kappa shape index (κ1) is 30.2. The molecule has 0 heterocycles. The number of sulfonamides is 2. The number of benzene rings is 1. The van der Waals surface area contributed by atoms with Crippen LogP contribution in [-0.4, -0.2) is 59.2 Å². The largest absolute Gasteiger partial charge is 0.303 e. The van der Waals surface area contributed by atoms with Gasteiger partial charge in [0, 0.05) is 19.1 Å². The SMILES string of the molecule is Cc1ccc(S(=O)(=O)NCCCN(CCC(C)NS(=O)(=O)C(C)C(C)C)CC2CCCCC2)cc1. The molecule has 1 aliphatic carbocycles. The summed E-state index contributed by atoms with van der Waals surface area (Å²) in [6.45, 7) is 12.4. The van der Waals surface area contributed by atoms with Crippen molar-refractivity contribution in [1.82, 2.24) is 14.3 Å². The van der Waals surface area contributed by atoms with Gasteiger partial charge in [-0.2, -0.15) is 0 Å². The van der Waals surface area contributed by atoms with Gasteiger partial charge in [0.05, 0.1) is 10.1 Å². The van der Waals surface area contributed by atoms with Crippen LogP contribution in [0.4, 0.5) is 0 Å². The van der Waals surface area contributed by atoms with Crippen LogP contribution in [0, 0.1) is 18.8 Å². The van der Waals surface area contributed by atoms with Crippen LogP contribution in [0.5, 0.6) is 0 Å². The topological polar surface area (TPSA) is 95.6 Å². The fourth-order valence-corrected chi connectivity index (χ4v) is 7.20. The van der Waals surface area contributed by atoms with E-state index in [4.69, 9.17) is 0 Å². The van der Waals surface area contributed by atoms with E-state index in [-0.39, 0.29) is 12.0 Å². The average molecular weight is 530 g/mol. The van der Waals surface area contributed by atoms with E-state index >= 15 is 0 Å². The molecule has 0 aliphatic heterocycles. The minimum Gasteiger partial charge on any atom is -0.303 e. The second kappa shape index (κ2) is 14.1. The van der Waals surface area contributed by atoms with Crippen molar-refractivity contribution in [1.29, 1.82) is 0 Å². The molecule has 1 aromatic carbocycles. The summed E-state index contributed by atoms with van der Waals surface area (Å²) in [6, 6.07) is 6.73. The van der Waals surface area contributed by atoms with Gasteiger partial charge < -0.3 is 4.90 Å². The minimum atomic E-state index is -3.51. The fraction of sp³-hybridized carbons (Fsp3) is 0.769. The van der Waals surface area contributed by atoms with Crippen LogP contribution < -0.4 is 9.44 Å². The van der Waals surface area contributed by atoms with E-state index in [0.717, 1.165) is 31.6 Å². The second-order valence-corrected chi connectivity index (χ2v) is 14.5. The summed E-state index contributed by atoms with van der Waals surface area (Å²) in [7, 11) is -6.85. The number of hydrogen-bond acceptors (Lipinski definition) is 5. The lowest BCUT2D eigenvalue weighted by Gasteiger charge is -2.31. The third-order valence-electron chi connectivity index (χ3n) is 7.19. The highest BCUT2D eigenvalue weighted by atomic mass is 32.2. The Morgan fingerprint density at radius 1 is 0.943 bits per heavy atom. The molecule has 1 saturated carbocycles. The second-order valence-electron chi connectivity index (χ2n) is 10.7. The summed E-state index contributed by atoms with van der Waals surface area (Å²) >= 11 is 0. The Bertz CT molecular complexity index is 957. The molecule has 0 bridgehead atoms. The van der Waals surface area contributed by atoms with Crippen molar-refractivity contribution in [3.63, 3.8) is 0 Å². The van der Waals surface area contributed by atoms with E-state index in [1.807, 2.05) is 27.7 Å². The third kappa shape index (κ3) is 10.5. The lowest BCUT2D eigenvalue weighted by atomic mass is 9.89. The average Bonchev–Trinajstić information content (AvgIpc) is 2.80. The first-order valence-electron chi connectivity index (χ1n) is 13.2. The van der Waals surface area contributed by atoms with E-state index in [2.05, 4.69) is 14.3 Å². The number of nitrogens with one attached hydrogen (secondary N) is 2. The highest BCUT2D eigenvalue weighted by molar-refractivity contribution is 7.90. The van der Waals surface area contributed by atoms with Crippen LogP contribution >= 0.6 is 0 Å². The van der Waals surface area contributed by atoms with Gasteiger partial charge in [0.2, 0.25) is 20.0 Å². The Hall–Kier alpha value is -1.00. The zero-order chi connectivity index (χ0) is 26.1. The third-order valence-corrected chi connectivity index (χ3v) is 10.9. The van der Waals surface area contributed by atoms with Crippen LogP contribution in [0.1, 0.15) is 78.2 Å². The first-order chi connectivity index (χ1) is 16.4. The van der Waals surface area contributed by atoms with Crippen molar-refractivity contribution < 1.29 is 16.8 Å². The maximum Gasteiger partial charge on any atom is 0.240 e. The van der Waals surface area contributed by atoms with Gasteiger partial charge >= 0.3 is 0 Å². The fourth-order valence-electron chi connectivity index (χ4n) is 4.52. The zero-order valence-corrected chi connectivity index (χ0v) is 23.9. The molecular weight excluding hydrogens is 482 g/mol. The van der Waals surface area contributed by atoms with Gasteiger partial charge in [0.1, 0.15) is 0 Å². The van der Waals surface area contributed by atoms with Gasteiger partial charge in [-0.3, -0.25) is 0 Å². The molecule has 9 heteroatoms. The number of aryl methyl sites for hydroxylation is 1. The minimum absolute atomic E-state index is 0.0613. The molecule has 0 amide bonds. The molecule has 0 spiro atoms. The quantitative estimate of drug-likeness (QED) is 0.331. The lowest BCUT2D eigenvalue weighted by Crippen LogP contribution is -2.42. The van der Waals surface area contributed by atoms with E-state index < -0.39 is 25.3 Å². The molecule has 2 rings (SSSR count). The maximum atomic E-state index is 12.6. The monoisotopic (exact) mass is 529 g/mol. The summed E-state index contributed by atoms with van der Waals surface area (Å²) in [5, 5.41) is -0.426. The lowest BCUT2D eigenvalue weighted by molar-refractivity contribution is 0.193. The number of nitrogens with zero attached hydrogens (tertiary/aromatic N) is 1. The molecular formula is C26H47N3O4S2. The highest BCUT2D eigenvalue weighted by Gasteiger charge is 2.26. The summed E-state index contributed by atoms with van der Waals surface area (Å²) in [6.07, 6.45) is 7.78. The van der Waals surface area contributed by atoms with Gasteiger partial charge in [-0.25, -0.2) is 26.3 Å². The predicted molar refractivity (Wildman–Crippen MR) is 144 cm³/mol. The summed E-state index contributed by atoms with van der Waals surface area (Å²) in [5.74, 6) is 0.729. The van der Waals surface area contributed by atoms with Gasteiger partial charge in [-0.05, 0) is 83.5 Å². The van der Waals surface area contributed by atoms with Gasteiger partial charge in [0.15, 0.2) is 0 Å². The van der Waals surface area contributed by atoms with E-state index in [0.29, 0.717) is 23.8 Å². The Morgan fingerprint density at radius 2 is 1.57 bits per heavy atom. The van der Waals surface area contributed by atoms with Crippen LogP contribution in [0.3, 0.4) is 0 Å². The highest BCUT2D eigenvalue weighted by Crippen LogP contribution is 2.24. The predicted octanol–water partition coefficient (Wildman–Crippen LogP) is 4.29. The maximum absolute atomic E-state index is 12.6. The Kier molecular flexibility index (Phi) is 12.2. The van der Waals surface area contributed by atoms with Crippen LogP contribution in [0.15, 0.2) is 29.2 Å². The van der Waals surface area contributed by atoms with E-state index in [1.165, 1.54) is 32.1 Å². The smallest absolute Gasteiger partial charge is 0.240 e. The molecule has 35 heavy (non-hydrogen) atoms. The molecule has 0 radical (unpaired) electrons. The van der Waals surface area contributed by atoms with Crippen molar-refractivity contribution in [3.05, 3.63) is 29.8 Å². The molecule has 2 N–H and O–H groups in total. The van der Waals surface area contributed by atoms with Crippen molar-refractivity contribution in [2.24, 2.45) is 11.8 Å². The molecule has 202 valence electrons. The first-order valence-corrected chi connectivity index (χ1v) is 16.2. The van der Waals surface area contributed by atoms with Gasteiger partial charge in [-0.1, -0.05) is 50.8 Å². The van der Waals surface area contributed by atoms with E-state index in [9.17, 15) is 16.8 Å². The Labute approximate surface area is 214 Å². The van der Waals surface area contributed by atoms with Crippen molar-refractivity contribution in [2.45, 2.75) is 95.8 Å². The van der Waals surface area contributed by atoms with Crippen LogP contribution in [0.25, 0.3) is 0 Å². The van der Waals surface area contributed by atoms with Crippen LogP contribution in [0.2, 0.25) is 0 Å². The Morgan fingerprint density at radius 3 is 2.17 bits per heavy atom. The molecule has 1 aromatic rings. The summed E-state index contributed by atoms with van der Waals surface area (Å²) in [5.41, 5.74) is 1.03. The number of hydrogen-bond donors (Lipinski definition) is 2. The normalized spacial score (nSPS) is 17.7. The van der Waals surface area contributed by atoms with Crippen molar-refractivity contribution in [2.75, 3.05) is 26.2 Å². The molecule has 1 fully saturated rings. The van der Waals surface area contributed by atoms with Crippen molar-refractivity contribution in [3.8, 4) is 0 Å². The van der Waals surface area contributed by atoms with Gasteiger partial charge in [-0.15, -0.1) is 0 Å². The molecule has 1 aliphatic rings.